The van der Waals surface area contributed by atoms with E-state index < -0.39 is 11.9 Å². The van der Waals surface area contributed by atoms with Crippen LogP contribution in [0.25, 0.3) is 0 Å². The van der Waals surface area contributed by atoms with Crippen molar-refractivity contribution in [3.8, 4) is 0 Å². The first kappa shape index (κ1) is 13.3. The maximum atomic E-state index is 12.3. The predicted molar refractivity (Wildman–Crippen MR) is 71.9 cm³/mol. The molecular formula is C14H16N2O3. The van der Waals surface area contributed by atoms with Crippen molar-refractivity contribution in [2.24, 2.45) is 11.0 Å². The minimum atomic E-state index is -0.520. The SMILES string of the molecule is COC(=O)CC1C(=O)N(c2cccc(C)c2)N=C1C. The van der Waals surface area contributed by atoms with Crippen LogP contribution in [0.15, 0.2) is 29.4 Å². The Morgan fingerprint density at radius 2 is 2.16 bits per heavy atom. The van der Waals surface area contributed by atoms with E-state index in [-0.39, 0.29) is 12.3 Å². The molecule has 19 heavy (non-hydrogen) atoms. The number of carbonyl (C=O) groups excluding carboxylic acids is 2. The Kier molecular flexibility index (Phi) is 3.64. The van der Waals surface area contributed by atoms with Crippen LogP contribution in [0.3, 0.4) is 0 Å². The third-order valence-electron chi connectivity index (χ3n) is 3.11. The summed E-state index contributed by atoms with van der Waals surface area (Å²) in [5, 5.41) is 5.60. The second-order valence-electron chi connectivity index (χ2n) is 4.56. The molecule has 1 aromatic rings. The number of hydrogen-bond donors (Lipinski definition) is 0. The van der Waals surface area contributed by atoms with E-state index in [1.165, 1.54) is 12.1 Å². The first-order valence-corrected chi connectivity index (χ1v) is 6.05. The molecule has 0 aromatic heterocycles. The van der Waals surface area contributed by atoms with Crippen LogP contribution in [-0.4, -0.2) is 24.7 Å². The van der Waals surface area contributed by atoms with Gasteiger partial charge in [-0.25, -0.2) is 5.01 Å². The molecule has 1 atom stereocenters. The molecule has 5 nitrogen and oxygen atoms in total. The topological polar surface area (TPSA) is 59.0 Å². The minimum absolute atomic E-state index is 0.0347. The largest absolute Gasteiger partial charge is 0.469 e. The summed E-state index contributed by atoms with van der Waals surface area (Å²) < 4.78 is 4.60. The third kappa shape index (κ3) is 2.65. The quantitative estimate of drug-likeness (QED) is 0.780. The number of hydrogen-bond acceptors (Lipinski definition) is 4. The summed E-state index contributed by atoms with van der Waals surface area (Å²) in [6.45, 7) is 3.70. The number of anilines is 1. The van der Waals surface area contributed by atoms with E-state index in [1.54, 1.807) is 6.92 Å². The highest BCUT2D eigenvalue weighted by atomic mass is 16.5. The summed E-state index contributed by atoms with van der Waals surface area (Å²) in [7, 11) is 1.31. The molecule has 1 aliphatic rings. The Balaban J connectivity index is 2.23. The monoisotopic (exact) mass is 260 g/mol. The molecule has 0 spiro atoms. The van der Waals surface area contributed by atoms with E-state index in [9.17, 15) is 9.59 Å². The maximum Gasteiger partial charge on any atom is 0.306 e. The highest BCUT2D eigenvalue weighted by Crippen LogP contribution is 2.26. The zero-order valence-corrected chi connectivity index (χ0v) is 11.2. The first-order valence-electron chi connectivity index (χ1n) is 6.05. The van der Waals surface area contributed by atoms with Crippen LogP contribution in [0, 0.1) is 12.8 Å². The number of esters is 1. The van der Waals surface area contributed by atoms with Crippen molar-refractivity contribution in [3.63, 3.8) is 0 Å². The van der Waals surface area contributed by atoms with Gasteiger partial charge in [0.05, 0.1) is 25.1 Å². The molecule has 0 saturated carbocycles. The average molecular weight is 260 g/mol. The van der Waals surface area contributed by atoms with Crippen LogP contribution in [0.1, 0.15) is 18.9 Å². The van der Waals surface area contributed by atoms with Gasteiger partial charge in [0.2, 0.25) is 0 Å². The van der Waals surface area contributed by atoms with Gasteiger partial charge in [-0.05, 0) is 31.5 Å². The lowest BCUT2D eigenvalue weighted by molar-refractivity contribution is -0.142. The van der Waals surface area contributed by atoms with Crippen LogP contribution < -0.4 is 5.01 Å². The van der Waals surface area contributed by atoms with E-state index in [4.69, 9.17) is 0 Å². The van der Waals surface area contributed by atoms with E-state index in [0.717, 1.165) is 11.3 Å². The van der Waals surface area contributed by atoms with Gasteiger partial charge in [-0.15, -0.1) is 0 Å². The van der Waals surface area contributed by atoms with Crippen molar-refractivity contribution in [1.82, 2.24) is 0 Å². The number of carbonyl (C=O) groups is 2. The molecule has 0 aliphatic carbocycles. The molecule has 0 N–H and O–H groups in total. The smallest absolute Gasteiger partial charge is 0.306 e. The number of ether oxygens (including phenoxy) is 1. The molecule has 0 bridgehead atoms. The van der Waals surface area contributed by atoms with Gasteiger partial charge in [-0.3, -0.25) is 9.59 Å². The van der Waals surface area contributed by atoms with E-state index >= 15 is 0 Å². The van der Waals surface area contributed by atoms with Gasteiger partial charge in [0.25, 0.3) is 5.91 Å². The fourth-order valence-electron chi connectivity index (χ4n) is 2.03. The maximum absolute atomic E-state index is 12.3. The number of rotatable bonds is 3. The molecule has 5 heteroatoms. The Labute approximate surface area is 111 Å². The fraction of sp³-hybridized carbons (Fsp3) is 0.357. The Hall–Kier alpha value is -2.17. The van der Waals surface area contributed by atoms with E-state index in [2.05, 4.69) is 9.84 Å². The van der Waals surface area contributed by atoms with Crippen LogP contribution in [0.5, 0.6) is 0 Å². The van der Waals surface area contributed by atoms with Crippen molar-refractivity contribution >= 4 is 23.3 Å². The van der Waals surface area contributed by atoms with Crippen molar-refractivity contribution in [3.05, 3.63) is 29.8 Å². The van der Waals surface area contributed by atoms with Crippen LogP contribution in [0.2, 0.25) is 0 Å². The third-order valence-corrected chi connectivity index (χ3v) is 3.11. The minimum Gasteiger partial charge on any atom is -0.469 e. The summed E-state index contributed by atoms with van der Waals surface area (Å²) in [5.41, 5.74) is 2.41. The molecule has 1 amide bonds. The molecule has 1 heterocycles. The van der Waals surface area contributed by atoms with Crippen LogP contribution in [0.4, 0.5) is 5.69 Å². The number of methoxy groups -OCH3 is 1. The molecule has 1 aliphatic heterocycles. The molecule has 1 aromatic carbocycles. The Bertz CT molecular complexity index is 551. The number of nitrogens with zero attached hydrogens (tertiary/aromatic N) is 2. The second-order valence-corrected chi connectivity index (χ2v) is 4.56. The summed E-state index contributed by atoms with van der Waals surface area (Å²) in [6, 6.07) is 7.53. The molecule has 0 radical (unpaired) electrons. The van der Waals surface area contributed by atoms with E-state index in [1.807, 2.05) is 31.2 Å². The lowest BCUT2D eigenvalue weighted by Gasteiger charge is -2.14. The van der Waals surface area contributed by atoms with Crippen molar-refractivity contribution < 1.29 is 14.3 Å². The van der Waals surface area contributed by atoms with Gasteiger partial charge in [0.1, 0.15) is 0 Å². The second kappa shape index (κ2) is 5.22. The summed E-state index contributed by atoms with van der Waals surface area (Å²) in [5.74, 6) is -1.11. The number of amides is 1. The zero-order valence-electron chi connectivity index (χ0n) is 11.2. The lowest BCUT2D eigenvalue weighted by atomic mass is 10.0. The fourth-order valence-corrected chi connectivity index (χ4v) is 2.03. The van der Waals surface area contributed by atoms with Gasteiger partial charge in [-0.2, -0.15) is 5.10 Å². The van der Waals surface area contributed by atoms with E-state index in [0.29, 0.717) is 5.71 Å². The molecule has 100 valence electrons. The molecule has 0 saturated heterocycles. The Morgan fingerprint density at radius 1 is 1.42 bits per heavy atom. The van der Waals surface area contributed by atoms with Crippen molar-refractivity contribution in [1.29, 1.82) is 0 Å². The van der Waals surface area contributed by atoms with Crippen LogP contribution >= 0.6 is 0 Å². The van der Waals surface area contributed by atoms with Gasteiger partial charge >= 0.3 is 5.97 Å². The average Bonchev–Trinajstić information content (AvgIpc) is 2.66. The van der Waals surface area contributed by atoms with Gasteiger partial charge < -0.3 is 4.74 Å². The highest BCUT2D eigenvalue weighted by molar-refractivity contribution is 6.16. The molecular weight excluding hydrogens is 244 g/mol. The van der Waals surface area contributed by atoms with Crippen molar-refractivity contribution in [2.75, 3.05) is 12.1 Å². The number of aryl methyl sites for hydroxylation is 1. The summed E-state index contributed by atoms with van der Waals surface area (Å²) in [4.78, 5) is 23.6. The lowest BCUT2D eigenvalue weighted by Crippen LogP contribution is -2.29. The van der Waals surface area contributed by atoms with Crippen LogP contribution in [-0.2, 0) is 14.3 Å². The highest BCUT2D eigenvalue weighted by Gasteiger charge is 2.36. The first-order chi connectivity index (χ1) is 9.02. The summed E-state index contributed by atoms with van der Waals surface area (Å²) in [6.07, 6.45) is 0.0347. The molecule has 0 fully saturated rings. The van der Waals surface area contributed by atoms with Crippen molar-refractivity contribution in [2.45, 2.75) is 20.3 Å². The molecule has 2 rings (SSSR count). The van der Waals surface area contributed by atoms with Gasteiger partial charge in [-0.1, -0.05) is 12.1 Å². The number of benzene rings is 1. The molecule has 1 unspecified atom stereocenters. The summed E-state index contributed by atoms with van der Waals surface area (Å²) >= 11 is 0. The normalized spacial score (nSPS) is 18.5. The Morgan fingerprint density at radius 3 is 2.79 bits per heavy atom. The van der Waals surface area contributed by atoms with Gasteiger partial charge in [0, 0.05) is 5.71 Å². The predicted octanol–water partition coefficient (Wildman–Crippen LogP) is 1.90. The standard InChI is InChI=1S/C14H16N2O3/c1-9-5-4-6-11(7-9)16-14(18)12(10(2)15-16)8-13(17)19-3/h4-7,12H,8H2,1-3H3. The van der Waals surface area contributed by atoms with Gasteiger partial charge in [0.15, 0.2) is 0 Å². The zero-order chi connectivity index (χ0) is 14.0. The number of hydrazone groups is 1.